The Morgan fingerprint density at radius 1 is 1.00 bits per heavy atom. The molecule has 2 aliphatic rings. The quantitative estimate of drug-likeness (QED) is 0.491. The van der Waals surface area contributed by atoms with Gasteiger partial charge in [0, 0.05) is 5.92 Å². The molecule has 0 unspecified atom stereocenters. The maximum atomic E-state index is 2.31. The van der Waals surface area contributed by atoms with Crippen molar-refractivity contribution in [3.05, 3.63) is 30.2 Å². The predicted molar refractivity (Wildman–Crippen MR) is 50.6 cm³/mol. The van der Waals surface area contributed by atoms with E-state index >= 15 is 0 Å². The summed E-state index contributed by atoms with van der Waals surface area (Å²) in [5.41, 5.74) is 0. The molecule has 11 heavy (non-hydrogen) atoms. The van der Waals surface area contributed by atoms with E-state index in [1.54, 1.807) is 5.92 Å². The van der Waals surface area contributed by atoms with Crippen LogP contribution in [0.5, 0.6) is 0 Å². The van der Waals surface area contributed by atoms with Crippen LogP contribution in [0.1, 0.15) is 25.7 Å². The first-order valence-corrected chi connectivity index (χ1v) is 4.16. The molecule has 0 atom stereocenters. The van der Waals surface area contributed by atoms with E-state index in [9.17, 15) is 0 Å². The van der Waals surface area contributed by atoms with Crippen LogP contribution in [0.4, 0.5) is 0 Å². The summed E-state index contributed by atoms with van der Waals surface area (Å²) in [6.07, 6.45) is 14.5. The van der Waals surface area contributed by atoms with E-state index in [2.05, 4.69) is 24.3 Å². The number of hydrogen-bond donors (Lipinski definition) is 0. The van der Waals surface area contributed by atoms with Crippen molar-refractivity contribution in [1.82, 2.24) is 0 Å². The van der Waals surface area contributed by atoms with Crippen molar-refractivity contribution in [1.29, 1.82) is 0 Å². The van der Waals surface area contributed by atoms with E-state index in [-0.39, 0.29) is 18.9 Å². The van der Waals surface area contributed by atoms with Crippen LogP contribution in [-0.2, 0) is 0 Å². The van der Waals surface area contributed by atoms with E-state index in [0.717, 1.165) is 0 Å². The zero-order valence-electron chi connectivity index (χ0n) is 6.22. The fourth-order valence-electron chi connectivity index (χ4n) is 1.87. The fourth-order valence-corrected chi connectivity index (χ4v) is 1.87. The molecule has 0 aromatic heterocycles. The predicted octanol–water partition coefficient (Wildman–Crippen LogP) is 2.23. The van der Waals surface area contributed by atoms with E-state index in [1.165, 1.54) is 25.7 Å². The summed E-state index contributed by atoms with van der Waals surface area (Å²) in [6, 6.07) is 0. The van der Waals surface area contributed by atoms with Crippen molar-refractivity contribution in [2.24, 2.45) is 5.92 Å². The molecule has 1 saturated carbocycles. The van der Waals surface area contributed by atoms with Gasteiger partial charge in [-0.2, -0.15) is 0 Å². The van der Waals surface area contributed by atoms with Crippen LogP contribution in [0.25, 0.3) is 0 Å². The Bertz CT molecular complexity index is 152. The zero-order valence-corrected chi connectivity index (χ0v) is 6.22. The van der Waals surface area contributed by atoms with E-state index in [1.807, 2.05) is 0 Å². The van der Waals surface area contributed by atoms with Crippen LogP contribution in [0.15, 0.2) is 24.3 Å². The Kier molecular flexibility index (Phi) is 3.49. The summed E-state index contributed by atoms with van der Waals surface area (Å²) in [6.45, 7) is 0. The molecule has 0 nitrogen and oxygen atoms in total. The molecule has 55 valence electrons. The molecule has 2 rings (SSSR count). The minimum atomic E-state index is 0. The van der Waals surface area contributed by atoms with Crippen LogP contribution < -0.4 is 0 Å². The van der Waals surface area contributed by atoms with Gasteiger partial charge in [0.25, 0.3) is 0 Å². The van der Waals surface area contributed by atoms with Crippen molar-refractivity contribution in [2.45, 2.75) is 25.7 Å². The molecule has 2 aliphatic carbocycles. The standard InChI is InChI=1S/C10H13.Li.H/c1-2-6-9(5-1)10-7-3-4-8-10;;/h1-2,5-6,9H,3-4,7-8H2;;. The summed E-state index contributed by atoms with van der Waals surface area (Å²) in [7, 11) is 0. The molecule has 0 amide bonds. The normalized spacial score (nSPS) is 24.4. The molecule has 0 saturated heterocycles. The van der Waals surface area contributed by atoms with Gasteiger partial charge in [0.15, 0.2) is 0 Å². The average Bonchev–Trinajstić information content (AvgIpc) is 2.59. The molecule has 1 heteroatoms. The Labute approximate surface area is 80.9 Å². The summed E-state index contributed by atoms with van der Waals surface area (Å²) < 4.78 is 0. The van der Waals surface area contributed by atoms with Crippen molar-refractivity contribution in [2.75, 3.05) is 0 Å². The van der Waals surface area contributed by atoms with Crippen molar-refractivity contribution >= 4 is 18.9 Å². The van der Waals surface area contributed by atoms with Crippen LogP contribution in [0, 0.1) is 11.8 Å². The summed E-state index contributed by atoms with van der Waals surface area (Å²) in [5, 5.41) is 0. The van der Waals surface area contributed by atoms with Crippen LogP contribution in [0.3, 0.4) is 0 Å². The molecular weight excluding hydrogens is 127 g/mol. The Morgan fingerprint density at radius 3 is 2.09 bits per heavy atom. The Morgan fingerprint density at radius 2 is 1.55 bits per heavy atom. The summed E-state index contributed by atoms with van der Waals surface area (Å²) >= 11 is 0. The first kappa shape index (κ1) is 9.17. The van der Waals surface area contributed by atoms with Gasteiger partial charge in [-0.1, -0.05) is 37.1 Å². The van der Waals surface area contributed by atoms with Crippen molar-refractivity contribution in [3.63, 3.8) is 0 Å². The van der Waals surface area contributed by atoms with E-state index in [4.69, 9.17) is 0 Å². The van der Waals surface area contributed by atoms with Gasteiger partial charge >= 0.3 is 18.9 Å². The second kappa shape index (κ2) is 4.19. The SMILES string of the molecule is C1=CC([C]2CCCC2)C=C1.[LiH]. The van der Waals surface area contributed by atoms with Crippen molar-refractivity contribution < 1.29 is 0 Å². The zero-order chi connectivity index (χ0) is 6.81. The third kappa shape index (κ3) is 2.01. The average molecular weight is 141 g/mol. The first-order chi connectivity index (χ1) is 4.97. The van der Waals surface area contributed by atoms with E-state index in [0.29, 0.717) is 5.92 Å². The molecule has 0 bridgehead atoms. The molecule has 1 fully saturated rings. The third-order valence-corrected chi connectivity index (χ3v) is 2.47. The van der Waals surface area contributed by atoms with Gasteiger partial charge in [0.05, 0.1) is 0 Å². The second-order valence-corrected chi connectivity index (χ2v) is 3.16. The monoisotopic (exact) mass is 141 g/mol. The number of allylic oxidation sites excluding steroid dienone is 4. The molecule has 0 aliphatic heterocycles. The molecule has 0 heterocycles. The van der Waals surface area contributed by atoms with Gasteiger partial charge < -0.3 is 0 Å². The molecule has 0 aromatic rings. The maximum absolute atomic E-state index is 2.31. The third-order valence-electron chi connectivity index (χ3n) is 2.47. The van der Waals surface area contributed by atoms with Gasteiger partial charge in [0.1, 0.15) is 0 Å². The van der Waals surface area contributed by atoms with Gasteiger partial charge in [-0.15, -0.1) is 0 Å². The number of hydrogen-bond acceptors (Lipinski definition) is 0. The van der Waals surface area contributed by atoms with Crippen LogP contribution in [0.2, 0.25) is 0 Å². The van der Waals surface area contributed by atoms with Gasteiger partial charge in [-0.3, -0.25) is 0 Å². The second-order valence-electron chi connectivity index (χ2n) is 3.16. The summed E-state index contributed by atoms with van der Waals surface area (Å²) in [5.74, 6) is 2.47. The Hall–Kier alpha value is 0.0774. The molecule has 0 aromatic carbocycles. The molecule has 1 radical (unpaired) electrons. The minimum absolute atomic E-state index is 0. The van der Waals surface area contributed by atoms with Gasteiger partial charge in [-0.25, -0.2) is 0 Å². The topological polar surface area (TPSA) is 0 Å². The van der Waals surface area contributed by atoms with E-state index < -0.39 is 0 Å². The van der Waals surface area contributed by atoms with Crippen LogP contribution >= 0.6 is 0 Å². The molecular formula is C10H14Li. The first-order valence-electron chi connectivity index (χ1n) is 4.16. The summed E-state index contributed by atoms with van der Waals surface area (Å²) in [4.78, 5) is 0. The molecule has 0 N–H and O–H groups in total. The Balaban J connectivity index is 0.000000605. The molecule has 0 spiro atoms. The van der Waals surface area contributed by atoms with Crippen molar-refractivity contribution in [3.8, 4) is 0 Å². The van der Waals surface area contributed by atoms with Gasteiger partial charge in [0.2, 0.25) is 0 Å². The fraction of sp³-hybridized carbons (Fsp3) is 0.500. The van der Waals surface area contributed by atoms with Crippen LogP contribution in [-0.4, -0.2) is 18.9 Å². The number of rotatable bonds is 1. The van der Waals surface area contributed by atoms with Gasteiger partial charge in [-0.05, 0) is 18.8 Å².